The molecule has 2 nitrogen and oxygen atoms in total. The van der Waals surface area contributed by atoms with Gasteiger partial charge < -0.3 is 5.21 Å². The van der Waals surface area contributed by atoms with Gasteiger partial charge in [-0.2, -0.15) is 0 Å². The normalized spacial score (nSPS) is 45.9. The van der Waals surface area contributed by atoms with Gasteiger partial charge in [-0.15, -0.1) is 0 Å². The lowest BCUT2D eigenvalue weighted by Gasteiger charge is -2.34. The van der Waals surface area contributed by atoms with Crippen LogP contribution in [-0.4, -0.2) is 10.9 Å². The average Bonchev–Trinajstić information content (AvgIpc) is 2.47. The maximum Gasteiger partial charge on any atom is 0.0574 e. The van der Waals surface area contributed by atoms with Crippen molar-refractivity contribution in [2.24, 2.45) is 27.8 Å². The number of rotatable bonds is 1. The number of hydrogen-bond donors (Lipinski definition) is 1. The van der Waals surface area contributed by atoms with E-state index >= 15 is 0 Å². The molecule has 14 heavy (non-hydrogen) atoms. The molecule has 2 rings (SSSR count). The molecule has 2 fully saturated rings. The van der Waals surface area contributed by atoms with E-state index < -0.39 is 0 Å². The number of nitrogens with zero attached hydrogens (tertiary/aromatic N) is 1. The molecule has 2 heteroatoms. The summed E-state index contributed by atoms with van der Waals surface area (Å²) in [7, 11) is 0. The van der Waals surface area contributed by atoms with Gasteiger partial charge in [0.1, 0.15) is 0 Å². The second kappa shape index (κ2) is 2.74. The minimum absolute atomic E-state index is 0.420. The van der Waals surface area contributed by atoms with E-state index in [0.29, 0.717) is 16.7 Å². The highest BCUT2D eigenvalue weighted by Gasteiger charge is 2.60. The van der Waals surface area contributed by atoms with Crippen molar-refractivity contribution in [2.75, 3.05) is 0 Å². The summed E-state index contributed by atoms with van der Waals surface area (Å²) in [4.78, 5) is 0. The zero-order valence-corrected chi connectivity index (χ0v) is 9.67. The van der Waals surface area contributed by atoms with Gasteiger partial charge in [0, 0.05) is 5.92 Å². The van der Waals surface area contributed by atoms with Crippen molar-refractivity contribution < 1.29 is 5.21 Å². The third kappa shape index (κ3) is 0.999. The molecule has 0 aromatic heterocycles. The average molecular weight is 195 g/mol. The first-order chi connectivity index (χ1) is 6.42. The Hall–Kier alpha value is -0.530. The number of oxime groups is 1. The van der Waals surface area contributed by atoms with E-state index in [1.807, 2.05) is 6.92 Å². The topological polar surface area (TPSA) is 32.6 Å². The second-order valence-corrected chi connectivity index (χ2v) is 5.98. The molecule has 0 unspecified atom stereocenters. The van der Waals surface area contributed by atoms with E-state index in [2.05, 4.69) is 25.9 Å². The Morgan fingerprint density at radius 3 is 2.36 bits per heavy atom. The van der Waals surface area contributed by atoms with E-state index in [9.17, 15) is 0 Å². The Morgan fingerprint density at radius 1 is 1.36 bits per heavy atom. The Kier molecular flexibility index (Phi) is 1.96. The van der Waals surface area contributed by atoms with Crippen LogP contribution in [0.5, 0.6) is 0 Å². The van der Waals surface area contributed by atoms with Crippen molar-refractivity contribution in [3.63, 3.8) is 0 Å². The van der Waals surface area contributed by atoms with E-state index in [4.69, 9.17) is 5.21 Å². The summed E-state index contributed by atoms with van der Waals surface area (Å²) in [5.41, 5.74) is 1.82. The Bertz CT molecular complexity index is 279. The molecule has 0 aromatic carbocycles. The molecule has 2 aliphatic carbocycles. The smallest absolute Gasteiger partial charge is 0.0574 e. The fourth-order valence-corrected chi connectivity index (χ4v) is 3.81. The summed E-state index contributed by atoms with van der Waals surface area (Å²) in [6, 6.07) is 0. The quantitative estimate of drug-likeness (QED) is 0.388. The van der Waals surface area contributed by atoms with Crippen LogP contribution in [0, 0.1) is 22.7 Å². The van der Waals surface area contributed by atoms with Gasteiger partial charge in [0.2, 0.25) is 0 Å². The highest BCUT2D eigenvalue weighted by atomic mass is 16.4. The van der Waals surface area contributed by atoms with Crippen molar-refractivity contribution in [3.8, 4) is 0 Å². The Morgan fingerprint density at radius 2 is 2.00 bits per heavy atom. The van der Waals surface area contributed by atoms with Crippen molar-refractivity contribution in [3.05, 3.63) is 0 Å². The maximum atomic E-state index is 8.87. The largest absolute Gasteiger partial charge is 0.411 e. The van der Waals surface area contributed by atoms with Crippen LogP contribution in [-0.2, 0) is 0 Å². The molecule has 0 heterocycles. The third-order valence-corrected chi connectivity index (χ3v) is 5.34. The zero-order valence-electron chi connectivity index (χ0n) is 9.67. The van der Waals surface area contributed by atoms with E-state index in [0.717, 1.165) is 11.6 Å². The summed E-state index contributed by atoms with van der Waals surface area (Å²) in [6.45, 7) is 9.13. The molecule has 1 N–H and O–H groups in total. The van der Waals surface area contributed by atoms with Crippen LogP contribution in [0.25, 0.3) is 0 Å². The maximum absolute atomic E-state index is 8.87. The molecule has 0 radical (unpaired) electrons. The highest BCUT2D eigenvalue weighted by molar-refractivity contribution is 5.84. The van der Waals surface area contributed by atoms with Gasteiger partial charge in [-0.05, 0) is 42.9 Å². The molecule has 3 atom stereocenters. The fourth-order valence-electron chi connectivity index (χ4n) is 3.81. The molecule has 0 saturated heterocycles. The summed E-state index contributed by atoms with van der Waals surface area (Å²) in [6.07, 6.45) is 3.86. The van der Waals surface area contributed by atoms with Crippen LogP contribution in [0.2, 0.25) is 0 Å². The first kappa shape index (κ1) is 10.0. The molecule has 2 aliphatic rings. The minimum Gasteiger partial charge on any atom is -0.411 e. The zero-order chi connectivity index (χ0) is 10.6. The first-order valence-electron chi connectivity index (χ1n) is 5.61. The monoisotopic (exact) mass is 195 g/mol. The van der Waals surface area contributed by atoms with Crippen LogP contribution >= 0.6 is 0 Å². The van der Waals surface area contributed by atoms with Gasteiger partial charge in [0.25, 0.3) is 0 Å². The molecular weight excluding hydrogens is 174 g/mol. The Labute approximate surface area is 86.4 Å². The van der Waals surface area contributed by atoms with Crippen LogP contribution in [0.1, 0.15) is 47.0 Å². The summed E-state index contributed by atoms with van der Waals surface area (Å²) < 4.78 is 0. The van der Waals surface area contributed by atoms with Crippen molar-refractivity contribution in [1.29, 1.82) is 0 Å². The van der Waals surface area contributed by atoms with Crippen molar-refractivity contribution in [2.45, 2.75) is 47.0 Å². The fraction of sp³-hybridized carbons (Fsp3) is 0.917. The van der Waals surface area contributed by atoms with E-state index in [-0.39, 0.29) is 0 Å². The standard InChI is InChI=1S/C12H21NO/c1-8(13-14)9-7-12(4)6-5-10(9)11(12,2)3/h9-10,14H,5-7H2,1-4H3/b13-8-/t9-,10+,12+/m0/s1. The van der Waals surface area contributed by atoms with Crippen molar-refractivity contribution in [1.82, 2.24) is 0 Å². The predicted octanol–water partition coefficient (Wildman–Crippen LogP) is 3.30. The second-order valence-electron chi connectivity index (χ2n) is 5.98. The molecule has 0 aliphatic heterocycles. The molecule has 0 spiro atoms. The lowest BCUT2D eigenvalue weighted by molar-refractivity contribution is 0.152. The molecule has 2 saturated carbocycles. The molecule has 0 aromatic rings. The van der Waals surface area contributed by atoms with Crippen LogP contribution in [0.4, 0.5) is 0 Å². The molecule has 0 amide bonds. The minimum atomic E-state index is 0.420. The molecule has 2 bridgehead atoms. The first-order valence-corrected chi connectivity index (χ1v) is 5.61. The predicted molar refractivity (Wildman–Crippen MR) is 57.6 cm³/mol. The van der Waals surface area contributed by atoms with Crippen LogP contribution in [0.3, 0.4) is 0 Å². The van der Waals surface area contributed by atoms with Crippen LogP contribution in [0.15, 0.2) is 5.16 Å². The molecule has 80 valence electrons. The van der Waals surface area contributed by atoms with Gasteiger partial charge in [-0.25, -0.2) is 0 Å². The molecular formula is C12H21NO. The number of hydrogen-bond acceptors (Lipinski definition) is 2. The lowest BCUT2D eigenvalue weighted by Crippen LogP contribution is -2.26. The lowest BCUT2D eigenvalue weighted by atomic mass is 9.71. The highest BCUT2D eigenvalue weighted by Crippen LogP contribution is 2.67. The summed E-state index contributed by atoms with van der Waals surface area (Å²) in [5.74, 6) is 1.25. The van der Waals surface area contributed by atoms with Gasteiger partial charge >= 0.3 is 0 Å². The van der Waals surface area contributed by atoms with Crippen LogP contribution < -0.4 is 0 Å². The number of fused-ring (bicyclic) bond motifs is 2. The Balaban J connectivity index is 2.32. The van der Waals surface area contributed by atoms with Gasteiger partial charge in [0.05, 0.1) is 5.71 Å². The summed E-state index contributed by atoms with van der Waals surface area (Å²) >= 11 is 0. The van der Waals surface area contributed by atoms with E-state index in [1.165, 1.54) is 19.3 Å². The third-order valence-electron chi connectivity index (χ3n) is 5.34. The van der Waals surface area contributed by atoms with E-state index in [1.54, 1.807) is 0 Å². The van der Waals surface area contributed by atoms with Crippen molar-refractivity contribution >= 4 is 5.71 Å². The van der Waals surface area contributed by atoms with Gasteiger partial charge in [0.15, 0.2) is 0 Å². The van der Waals surface area contributed by atoms with Gasteiger partial charge in [-0.3, -0.25) is 0 Å². The SMILES string of the molecule is C/C(=N/O)[C@@H]1C[C@@]2(C)CC[C@H]1C2(C)C. The van der Waals surface area contributed by atoms with Gasteiger partial charge in [-0.1, -0.05) is 25.9 Å². The summed E-state index contributed by atoms with van der Waals surface area (Å²) in [5, 5.41) is 12.3.